The van der Waals surface area contributed by atoms with Gasteiger partial charge in [-0.1, -0.05) is 36.4 Å². The third kappa shape index (κ3) is 4.20. The van der Waals surface area contributed by atoms with Crippen molar-refractivity contribution in [3.63, 3.8) is 0 Å². The fourth-order valence-corrected chi connectivity index (χ4v) is 3.94. The van der Waals surface area contributed by atoms with Gasteiger partial charge in [-0.15, -0.1) is 0 Å². The summed E-state index contributed by atoms with van der Waals surface area (Å²) in [6.07, 6.45) is -0.747. The Morgan fingerprint density at radius 1 is 1.03 bits per heavy atom. The van der Waals surface area contributed by atoms with Gasteiger partial charge in [0.1, 0.15) is 17.1 Å². The normalized spacial score (nSPS) is 13.0. The Morgan fingerprint density at radius 2 is 1.82 bits per heavy atom. The summed E-state index contributed by atoms with van der Waals surface area (Å²) in [7, 11) is 0. The molecule has 1 atom stereocenters. The van der Waals surface area contributed by atoms with E-state index in [1.165, 1.54) is 0 Å². The van der Waals surface area contributed by atoms with Crippen LogP contribution in [0.15, 0.2) is 75.9 Å². The van der Waals surface area contributed by atoms with Crippen molar-refractivity contribution in [2.45, 2.75) is 26.5 Å². The molecule has 5 rings (SSSR count). The highest BCUT2D eigenvalue weighted by molar-refractivity contribution is 5.84. The van der Waals surface area contributed by atoms with Gasteiger partial charge in [-0.2, -0.15) is 0 Å². The van der Waals surface area contributed by atoms with Crippen LogP contribution in [-0.4, -0.2) is 18.8 Å². The fourth-order valence-electron chi connectivity index (χ4n) is 3.94. The van der Waals surface area contributed by atoms with Crippen LogP contribution < -0.4 is 25.0 Å². The zero-order valence-corrected chi connectivity index (χ0v) is 18.8. The monoisotopic (exact) mass is 457 g/mol. The number of carbonyl (C=O) groups is 1. The van der Waals surface area contributed by atoms with Crippen molar-refractivity contribution in [3.8, 4) is 28.4 Å². The summed E-state index contributed by atoms with van der Waals surface area (Å²) in [5, 5.41) is 3.31. The molecule has 1 unspecified atom stereocenters. The van der Waals surface area contributed by atoms with Crippen molar-refractivity contribution in [2.75, 3.05) is 6.79 Å². The molecule has 1 N–H and O–H groups in total. The summed E-state index contributed by atoms with van der Waals surface area (Å²) in [6, 6.07) is 19.9. The van der Waals surface area contributed by atoms with E-state index >= 15 is 0 Å². The highest BCUT2D eigenvalue weighted by Gasteiger charge is 2.18. The maximum absolute atomic E-state index is 13.1. The lowest BCUT2D eigenvalue weighted by Crippen LogP contribution is -2.35. The Labute approximate surface area is 195 Å². The molecule has 0 saturated heterocycles. The van der Waals surface area contributed by atoms with E-state index in [0.717, 1.165) is 11.1 Å². The quantitative estimate of drug-likeness (QED) is 0.456. The number of carbonyl (C=O) groups excluding carboxylic acids is 1. The molecule has 0 saturated carbocycles. The number of hydrogen-bond acceptors (Lipinski definition) is 6. The molecule has 0 spiro atoms. The Morgan fingerprint density at radius 3 is 2.65 bits per heavy atom. The average molecular weight is 457 g/mol. The molecule has 1 aromatic heterocycles. The number of rotatable bonds is 6. The van der Waals surface area contributed by atoms with Gasteiger partial charge in [0.25, 0.3) is 5.91 Å². The van der Waals surface area contributed by atoms with E-state index in [-0.39, 0.29) is 18.1 Å². The Balaban J connectivity index is 1.29. The van der Waals surface area contributed by atoms with E-state index in [0.29, 0.717) is 46.1 Å². The van der Waals surface area contributed by atoms with Crippen LogP contribution in [0.5, 0.6) is 17.2 Å². The van der Waals surface area contributed by atoms with Gasteiger partial charge in [0.15, 0.2) is 17.6 Å². The van der Waals surface area contributed by atoms with E-state index in [4.69, 9.17) is 18.6 Å². The van der Waals surface area contributed by atoms with Crippen LogP contribution in [0, 0.1) is 6.92 Å². The van der Waals surface area contributed by atoms with Gasteiger partial charge < -0.3 is 23.9 Å². The maximum Gasteiger partial charge on any atom is 0.261 e. The van der Waals surface area contributed by atoms with E-state index in [2.05, 4.69) is 5.32 Å². The van der Waals surface area contributed by atoms with Gasteiger partial charge in [-0.3, -0.25) is 9.59 Å². The molecule has 0 radical (unpaired) electrons. The average Bonchev–Trinajstić information content (AvgIpc) is 3.31. The number of benzene rings is 3. The molecule has 0 fully saturated rings. The van der Waals surface area contributed by atoms with E-state index in [9.17, 15) is 9.59 Å². The molecule has 0 bridgehead atoms. The summed E-state index contributed by atoms with van der Waals surface area (Å²) in [5.41, 5.74) is 2.54. The largest absolute Gasteiger partial charge is 0.481 e. The van der Waals surface area contributed by atoms with Crippen molar-refractivity contribution in [3.05, 3.63) is 88.3 Å². The van der Waals surface area contributed by atoms with Crippen molar-refractivity contribution < 1.29 is 23.4 Å². The number of hydrogen-bond donors (Lipinski definition) is 1. The first-order valence-electron chi connectivity index (χ1n) is 11.0. The topological polar surface area (TPSA) is 87.0 Å². The molecule has 7 nitrogen and oxygen atoms in total. The molecule has 0 aliphatic carbocycles. The summed E-state index contributed by atoms with van der Waals surface area (Å²) in [4.78, 5) is 25.7. The van der Waals surface area contributed by atoms with Gasteiger partial charge >= 0.3 is 0 Å². The molecule has 7 heteroatoms. The fraction of sp³-hybridized carbons (Fsp3) is 0.185. The lowest BCUT2D eigenvalue weighted by Gasteiger charge is -2.15. The first-order valence-corrected chi connectivity index (χ1v) is 11.0. The number of nitrogens with one attached hydrogen (secondary N) is 1. The van der Waals surface area contributed by atoms with Gasteiger partial charge in [0.05, 0.1) is 10.9 Å². The van der Waals surface area contributed by atoms with Gasteiger partial charge in [0, 0.05) is 12.6 Å². The molecule has 1 aliphatic rings. The van der Waals surface area contributed by atoms with Crippen LogP contribution in [0.3, 0.4) is 0 Å². The van der Waals surface area contributed by atoms with Gasteiger partial charge in [-0.25, -0.2) is 0 Å². The maximum atomic E-state index is 13.1. The molecule has 34 heavy (non-hydrogen) atoms. The van der Waals surface area contributed by atoms with Crippen LogP contribution in [-0.2, 0) is 11.3 Å². The lowest BCUT2D eigenvalue weighted by atomic mass is 10.0. The third-order valence-electron chi connectivity index (χ3n) is 5.69. The number of ether oxygens (including phenoxy) is 3. The second kappa shape index (κ2) is 8.94. The predicted octanol–water partition coefficient (Wildman–Crippen LogP) is 4.58. The zero-order valence-electron chi connectivity index (χ0n) is 18.8. The highest BCUT2D eigenvalue weighted by Crippen LogP contribution is 2.32. The molecular formula is C27H23NO6. The summed E-state index contributed by atoms with van der Waals surface area (Å²) >= 11 is 0. The van der Waals surface area contributed by atoms with E-state index < -0.39 is 6.10 Å². The first kappa shape index (κ1) is 21.6. The first-order chi connectivity index (χ1) is 16.5. The van der Waals surface area contributed by atoms with Crippen LogP contribution in [0.1, 0.15) is 18.2 Å². The minimum atomic E-state index is -0.747. The second-order valence-electron chi connectivity index (χ2n) is 8.05. The van der Waals surface area contributed by atoms with Crippen LogP contribution >= 0.6 is 0 Å². The Kier molecular flexibility index (Phi) is 5.67. The SMILES string of the molecule is Cc1oc2cc(OC(C)C(=O)NCc3ccc4c(c3)OCO4)ccc2c(=O)c1-c1ccccc1. The molecule has 172 valence electrons. The summed E-state index contributed by atoms with van der Waals surface area (Å²) in [6.45, 7) is 3.97. The molecular weight excluding hydrogens is 434 g/mol. The molecule has 3 aromatic carbocycles. The lowest BCUT2D eigenvalue weighted by molar-refractivity contribution is -0.127. The van der Waals surface area contributed by atoms with Crippen molar-refractivity contribution in [1.82, 2.24) is 5.32 Å². The molecule has 2 heterocycles. The standard InChI is InChI=1S/C27H23NO6/c1-16-25(19-6-4-3-5-7-19)26(29)21-10-9-20(13-23(21)34-16)33-17(2)27(30)28-14-18-8-11-22-24(12-18)32-15-31-22/h3-13,17H,14-15H2,1-2H3,(H,28,30). The van der Waals surface area contributed by atoms with E-state index in [1.807, 2.05) is 48.5 Å². The number of aryl methyl sites for hydroxylation is 1. The third-order valence-corrected chi connectivity index (χ3v) is 5.69. The van der Waals surface area contributed by atoms with Gasteiger partial charge in [-0.05, 0) is 49.2 Å². The van der Waals surface area contributed by atoms with Crippen LogP contribution in [0.25, 0.3) is 22.1 Å². The van der Waals surface area contributed by atoms with Gasteiger partial charge in [0.2, 0.25) is 12.2 Å². The van der Waals surface area contributed by atoms with Crippen LogP contribution in [0.2, 0.25) is 0 Å². The minimum Gasteiger partial charge on any atom is -0.481 e. The minimum absolute atomic E-state index is 0.106. The summed E-state index contributed by atoms with van der Waals surface area (Å²) < 4.78 is 22.4. The number of amides is 1. The highest BCUT2D eigenvalue weighted by atomic mass is 16.7. The van der Waals surface area contributed by atoms with Crippen molar-refractivity contribution >= 4 is 16.9 Å². The second-order valence-corrected chi connectivity index (χ2v) is 8.05. The predicted molar refractivity (Wildman–Crippen MR) is 127 cm³/mol. The number of fused-ring (bicyclic) bond motifs is 2. The zero-order chi connectivity index (χ0) is 23.7. The Hall–Kier alpha value is -4.26. The van der Waals surface area contributed by atoms with E-state index in [1.54, 1.807) is 32.0 Å². The Bertz CT molecular complexity index is 1430. The summed E-state index contributed by atoms with van der Waals surface area (Å²) in [5.74, 6) is 2.05. The molecule has 1 amide bonds. The van der Waals surface area contributed by atoms with Crippen molar-refractivity contribution in [1.29, 1.82) is 0 Å². The molecule has 4 aromatic rings. The van der Waals surface area contributed by atoms with Crippen molar-refractivity contribution in [2.24, 2.45) is 0 Å². The smallest absolute Gasteiger partial charge is 0.261 e. The molecule has 1 aliphatic heterocycles. The van der Waals surface area contributed by atoms with Crippen LogP contribution in [0.4, 0.5) is 0 Å².